The van der Waals surface area contributed by atoms with Gasteiger partial charge in [0.15, 0.2) is 0 Å². The fraction of sp³-hybridized carbons (Fsp3) is 0.467. The summed E-state index contributed by atoms with van der Waals surface area (Å²) in [6.07, 6.45) is 5.44. The van der Waals surface area contributed by atoms with Gasteiger partial charge in [-0.25, -0.2) is 0 Å². The molecule has 1 aliphatic rings. The lowest BCUT2D eigenvalue weighted by Gasteiger charge is -2.14. The average Bonchev–Trinajstić information content (AvgIpc) is 2.97. The third-order valence-corrected chi connectivity index (χ3v) is 4.05. The van der Waals surface area contributed by atoms with Crippen molar-refractivity contribution in [2.45, 2.75) is 25.8 Å². The van der Waals surface area contributed by atoms with Gasteiger partial charge in [-0.05, 0) is 53.8 Å². The third kappa shape index (κ3) is 2.42. The van der Waals surface area contributed by atoms with Gasteiger partial charge in [-0.3, -0.25) is 0 Å². The second-order valence-electron chi connectivity index (χ2n) is 5.48. The van der Waals surface area contributed by atoms with Crippen molar-refractivity contribution >= 4 is 10.9 Å². The molecular weight excluding hydrogens is 224 g/mol. The van der Waals surface area contributed by atoms with Crippen LogP contribution in [0.3, 0.4) is 0 Å². The molecule has 0 unspecified atom stereocenters. The van der Waals surface area contributed by atoms with Gasteiger partial charge in [-0.2, -0.15) is 0 Å². The maximum absolute atomic E-state index is 9.02. The van der Waals surface area contributed by atoms with Crippen molar-refractivity contribution < 1.29 is 5.11 Å². The number of hydrogen-bond acceptors (Lipinski definition) is 2. The lowest BCUT2D eigenvalue weighted by Crippen LogP contribution is -2.24. The van der Waals surface area contributed by atoms with E-state index in [-0.39, 0.29) is 0 Å². The molecule has 0 radical (unpaired) electrons. The lowest BCUT2D eigenvalue weighted by atomic mass is 10.0. The fourth-order valence-corrected chi connectivity index (χ4v) is 2.61. The zero-order chi connectivity index (χ0) is 12.4. The van der Waals surface area contributed by atoms with Crippen molar-refractivity contribution in [1.82, 2.24) is 10.3 Å². The summed E-state index contributed by atoms with van der Waals surface area (Å²) in [6, 6.07) is 8.63. The Kier molecular flexibility index (Phi) is 3.10. The Morgan fingerprint density at radius 3 is 2.94 bits per heavy atom. The van der Waals surface area contributed by atoms with Crippen LogP contribution in [-0.2, 0) is 6.54 Å². The van der Waals surface area contributed by atoms with Crippen LogP contribution in [0.25, 0.3) is 10.9 Å². The van der Waals surface area contributed by atoms with E-state index in [1.165, 1.54) is 29.3 Å². The maximum Gasteiger partial charge on any atom is 0.0454 e. The normalized spacial score (nSPS) is 17.2. The van der Waals surface area contributed by atoms with E-state index in [4.69, 9.17) is 5.11 Å². The highest BCUT2D eigenvalue weighted by Crippen LogP contribution is 2.47. The Hall–Kier alpha value is -1.32. The van der Waals surface area contributed by atoms with Gasteiger partial charge in [-0.1, -0.05) is 6.07 Å². The molecule has 1 heterocycles. The zero-order valence-electron chi connectivity index (χ0n) is 10.6. The maximum atomic E-state index is 9.02. The molecule has 0 aliphatic heterocycles. The van der Waals surface area contributed by atoms with Gasteiger partial charge in [-0.15, -0.1) is 0 Å². The van der Waals surface area contributed by atoms with Crippen molar-refractivity contribution in [3.63, 3.8) is 0 Å². The molecule has 0 saturated heterocycles. The largest absolute Gasteiger partial charge is 0.396 e. The van der Waals surface area contributed by atoms with E-state index in [1.807, 2.05) is 6.20 Å². The first-order chi connectivity index (χ1) is 8.81. The minimum absolute atomic E-state index is 0.316. The second-order valence-corrected chi connectivity index (χ2v) is 5.48. The molecule has 1 fully saturated rings. The van der Waals surface area contributed by atoms with Gasteiger partial charge in [0.25, 0.3) is 0 Å². The van der Waals surface area contributed by atoms with E-state index in [0.29, 0.717) is 12.0 Å². The molecule has 18 heavy (non-hydrogen) atoms. The Morgan fingerprint density at radius 2 is 2.17 bits per heavy atom. The highest BCUT2D eigenvalue weighted by molar-refractivity contribution is 5.79. The molecule has 96 valence electrons. The number of aromatic nitrogens is 1. The predicted molar refractivity (Wildman–Crippen MR) is 73.4 cm³/mol. The number of aliphatic hydroxyl groups excluding tert-OH is 1. The topological polar surface area (TPSA) is 48.0 Å². The van der Waals surface area contributed by atoms with E-state index in [1.54, 1.807) is 0 Å². The van der Waals surface area contributed by atoms with Crippen LogP contribution in [0.4, 0.5) is 0 Å². The molecule has 2 aromatic rings. The van der Waals surface area contributed by atoms with E-state index >= 15 is 0 Å². The van der Waals surface area contributed by atoms with Crippen LogP contribution in [-0.4, -0.2) is 23.2 Å². The number of aromatic amines is 1. The van der Waals surface area contributed by atoms with E-state index in [0.717, 1.165) is 19.5 Å². The first-order valence-corrected chi connectivity index (χ1v) is 6.69. The molecule has 1 aliphatic carbocycles. The lowest BCUT2D eigenvalue weighted by molar-refractivity contribution is 0.245. The van der Waals surface area contributed by atoms with Gasteiger partial charge < -0.3 is 15.4 Å². The molecule has 0 spiro atoms. The molecule has 0 atom stereocenters. The van der Waals surface area contributed by atoms with Crippen molar-refractivity contribution in [3.05, 3.63) is 36.0 Å². The summed E-state index contributed by atoms with van der Waals surface area (Å²) in [6.45, 7) is 2.25. The van der Waals surface area contributed by atoms with Crippen LogP contribution >= 0.6 is 0 Å². The highest BCUT2D eigenvalue weighted by Gasteiger charge is 2.41. The Bertz CT molecular complexity index is 528. The van der Waals surface area contributed by atoms with Crippen molar-refractivity contribution in [2.75, 3.05) is 13.2 Å². The van der Waals surface area contributed by atoms with Crippen molar-refractivity contribution in [3.8, 4) is 0 Å². The van der Waals surface area contributed by atoms with Crippen LogP contribution in [0, 0.1) is 5.41 Å². The summed E-state index contributed by atoms with van der Waals surface area (Å²) >= 11 is 0. The monoisotopic (exact) mass is 244 g/mol. The fourth-order valence-electron chi connectivity index (χ4n) is 2.61. The van der Waals surface area contributed by atoms with Gasteiger partial charge >= 0.3 is 0 Å². The van der Waals surface area contributed by atoms with Crippen molar-refractivity contribution in [1.29, 1.82) is 0 Å². The number of nitrogens with one attached hydrogen (secondary N) is 2. The Balaban J connectivity index is 1.56. The SMILES string of the molecule is OCCC1(CNCc2ccc3[nH]ccc3c2)CC1. The Morgan fingerprint density at radius 1 is 1.28 bits per heavy atom. The van der Waals surface area contributed by atoms with Crippen LogP contribution in [0.1, 0.15) is 24.8 Å². The summed E-state index contributed by atoms with van der Waals surface area (Å²) in [4.78, 5) is 3.21. The third-order valence-electron chi connectivity index (χ3n) is 4.05. The van der Waals surface area contributed by atoms with Crippen LogP contribution in [0.2, 0.25) is 0 Å². The predicted octanol–water partition coefficient (Wildman–Crippen LogP) is 2.42. The van der Waals surface area contributed by atoms with Crippen molar-refractivity contribution in [2.24, 2.45) is 5.41 Å². The van der Waals surface area contributed by atoms with Crippen LogP contribution in [0.5, 0.6) is 0 Å². The highest BCUT2D eigenvalue weighted by atomic mass is 16.3. The first kappa shape index (κ1) is 11.8. The number of benzene rings is 1. The molecule has 3 rings (SSSR count). The molecule has 1 aromatic carbocycles. The number of aliphatic hydroxyl groups is 1. The van der Waals surface area contributed by atoms with Gasteiger partial charge in [0, 0.05) is 31.4 Å². The van der Waals surface area contributed by atoms with Crippen LogP contribution < -0.4 is 5.32 Å². The zero-order valence-corrected chi connectivity index (χ0v) is 10.6. The molecule has 3 nitrogen and oxygen atoms in total. The summed E-state index contributed by atoms with van der Waals surface area (Å²) < 4.78 is 0. The van der Waals surface area contributed by atoms with Gasteiger partial charge in [0.2, 0.25) is 0 Å². The number of rotatable bonds is 6. The number of fused-ring (bicyclic) bond motifs is 1. The molecule has 3 heteroatoms. The second kappa shape index (κ2) is 4.75. The van der Waals surface area contributed by atoms with Gasteiger partial charge in [0.1, 0.15) is 0 Å². The molecule has 3 N–H and O–H groups in total. The first-order valence-electron chi connectivity index (χ1n) is 6.69. The molecule has 0 bridgehead atoms. The molecule has 1 saturated carbocycles. The standard InChI is InChI=1S/C15H20N2O/c18-8-6-15(4-5-15)11-16-10-12-1-2-14-13(9-12)3-7-17-14/h1-3,7,9,16-18H,4-6,8,10-11H2. The van der Waals surface area contributed by atoms with Gasteiger partial charge in [0.05, 0.1) is 0 Å². The summed E-state index contributed by atoms with van der Waals surface area (Å²) in [5.41, 5.74) is 2.91. The number of hydrogen-bond donors (Lipinski definition) is 3. The van der Waals surface area contributed by atoms with E-state index in [2.05, 4.69) is 34.6 Å². The molecule has 1 aromatic heterocycles. The quantitative estimate of drug-likeness (QED) is 0.731. The van der Waals surface area contributed by atoms with E-state index in [9.17, 15) is 0 Å². The number of H-pyrrole nitrogens is 1. The summed E-state index contributed by atoms with van der Waals surface area (Å²) in [5.74, 6) is 0. The van der Waals surface area contributed by atoms with E-state index < -0.39 is 0 Å². The van der Waals surface area contributed by atoms with Crippen LogP contribution in [0.15, 0.2) is 30.5 Å². The molecule has 0 amide bonds. The smallest absolute Gasteiger partial charge is 0.0454 e. The summed E-state index contributed by atoms with van der Waals surface area (Å²) in [7, 11) is 0. The molecular formula is C15H20N2O. The Labute approximate surface area is 107 Å². The minimum atomic E-state index is 0.316. The average molecular weight is 244 g/mol. The minimum Gasteiger partial charge on any atom is -0.396 e. The summed E-state index contributed by atoms with van der Waals surface area (Å²) in [5, 5.41) is 13.8.